The third-order valence-electron chi connectivity index (χ3n) is 5.01. The Morgan fingerprint density at radius 2 is 1.62 bits per heavy atom. The lowest BCUT2D eigenvalue weighted by Gasteiger charge is -2.50. The number of fused-ring (bicyclic) bond motifs is 6. The summed E-state index contributed by atoms with van der Waals surface area (Å²) in [5.41, 5.74) is 5.01. The highest BCUT2D eigenvalue weighted by Crippen LogP contribution is 2.55. The van der Waals surface area contributed by atoms with E-state index in [2.05, 4.69) is 41.3 Å². The third kappa shape index (κ3) is 1.87. The van der Waals surface area contributed by atoms with Crippen molar-refractivity contribution in [1.82, 2.24) is 0 Å². The molecule has 1 atom stereocenters. The maximum Gasteiger partial charge on any atom is 0.320 e. The second-order valence-electron chi connectivity index (χ2n) is 7.29. The van der Waals surface area contributed by atoms with Crippen LogP contribution in [0.4, 0.5) is 5.69 Å². The normalized spacial score (nSPS) is 20.7. The second kappa shape index (κ2) is 4.97. The first-order valence-corrected chi connectivity index (χ1v) is 8.30. The number of carbonyl (C=O) groups excluding carboxylic acids is 1. The second-order valence-corrected chi connectivity index (χ2v) is 7.29. The Bertz CT molecular complexity index is 875. The fourth-order valence-corrected chi connectivity index (χ4v) is 3.83. The lowest BCUT2D eigenvalue weighted by atomic mass is 9.73. The van der Waals surface area contributed by atoms with Crippen molar-refractivity contribution in [2.24, 2.45) is 5.41 Å². The van der Waals surface area contributed by atoms with Gasteiger partial charge in [-0.2, -0.15) is 0 Å². The molecule has 0 aromatic heterocycles. The van der Waals surface area contributed by atoms with Gasteiger partial charge in [0.15, 0.2) is 0 Å². The maximum atomic E-state index is 12.7. The van der Waals surface area contributed by atoms with E-state index >= 15 is 0 Å². The lowest BCUT2D eigenvalue weighted by Crippen LogP contribution is -2.50. The van der Waals surface area contributed by atoms with E-state index in [4.69, 9.17) is 4.74 Å². The molecule has 4 rings (SSSR count). The summed E-state index contributed by atoms with van der Waals surface area (Å²) in [4.78, 5) is 14.9. The number of esters is 1. The van der Waals surface area contributed by atoms with Gasteiger partial charge in [0.25, 0.3) is 0 Å². The summed E-state index contributed by atoms with van der Waals surface area (Å²) in [5.74, 6) is 0.486. The van der Waals surface area contributed by atoms with Gasteiger partial charge in [0.1, 0.15) is 0 Å². The van der Waals surface area contributed by atoms with E-state index in [1.807, 2.05) is 39.8 Å². The Hall–Kier alpha value is -2.55. The molecular weight excluding hydrogens is 298 g/mol. The van der Waals surface area contributed by atoms with E-state index in [1.165, 1.54) is 16.7 Å². The van der Waals surface area contributed by atoms with E-state index in [1.54, 1.807) is 0 Å². The molecule has 122 valence electrons. The molecule has 2 aromatic carbocycles. The SMILES string of the molecule is CC(C)=C1OC(=O)C(C)(C)C2c3ccccc3-c3ccccc3N12. The molecule has 0 spiro atoms. The van der Waals surface area contributed by atoms with Gasteiger partial charge in [-0.3, -0.25) is 4.79 Å². The van der Waals surface area contributed by atoms with Crippen LogP contribution in [-0.2, 0) is 9.53 Å². The van der Waals surface area contributed by atoms with Crippen LogP contribution in [0.3, 0.4) is 0 Å². The van der Waals surface area contributed by atoms with Crippen LogP contribution in [0.15, 0.2) is 60.0 Å². The van der Waals surface area contributed by atoms with Crippen LogP contribution in [0.2, 0.25) is 0 Å². The zero-order chi connectivity index (χ0) is 17.1. The van der Waals surface area contributed by atoms with E-state index in [0.29, 0.717) is 5.88 Å². The summed E-state index contributed by atoms with van der Waals surface area (Å²) in [7, 11) is 0. The zero-order valence-corrected chi connectivity index (χ0v) is 14.5. The molecular formula is C21H21NO2. The molecule has 24 heavy (non-hydrogen) atoms. The van der Waals surface area contributed by atoms with E-state index < -0.39 is 5.41 Å². The minimum atomic E-state index is -0.636. The molecule has 0 amide bonds. The van der Waals surface area contributed by atoms with Crippen molar-refractivity contribution in [1.29, 1.82) is 0 Å². The van der Waals surface area contributed by atoms with Crippen LogP contribution in [0.5, 0.6) is 0 Å². The van der Waals surface area contributed by atoms with Gasteiger partial charge in [-0.1, -0.05) is 42.5 Å². The Morgan fingerprint density at radius 1 is 1.00 bits per heavy atom. The van der Waals surface area contributed by atoms with E-state index in [0.717, 1.165) is 11.3 Å². The molecule has 1 fully saturated rings. The number of nitrogens with zero attached hydrogens (tertiary/aromatic N) is 1. The molecule has 0 bridgehead atoms. The number of ether oxygens (including phenoxy) is 1. The van der Waals surface area contributed by atoms with Gasteiger partial charge in [0.2, 0.25) is 5.88 Å². The van der Waals surface area contributed by atoms with Gasteiger partial charge < -0.3 is 9.64 Å². The molecule has 2 aliphatic rings. The number of cyclic esters (lactones) is 1. The van der Waals surface area contributed by atoms with Crippen molar-refractivity contribution < 1.29 is 9.53 Å². The lowest BCUT2D eigenvalue weighted by molar-refractivity contribution is -0.155. The minimum absolute atomic E-state index is 0.0743. The van der Waals surface area contributed by atoms with Gasteiger partial charge in [0, 0.05) is 5.56 Å². The first-order chi connectivity index (χ1) is 11.4. The minimum Gasteiger partial charge on any atom is -0.409 e. The summed E-state index contributed by atoms with van der Waals surface area (Å²) in [6.45, 7) is 7.92. The summed E-state index contributed by atoms with van der Waals surface area (Å²) in [6.07, 6.45) is 0. The predicted molar refractivity (Wildman–Crippen MR) is 95.3 cm³/mol. The molecule has 2 aromatic rings. The highest BCUT2D eigenvalue weighted by molar-refractivity contribution is 5.91. The molecule has 3 nitrogen and oxygen atoms in total. The molecule has 0 radical (unpaired) electrons. The van der Waals surface area contributed by atoms with Gasteiger partial charge >= 0.3 is 5.97 Å². The van der Waals surface area contributed by atoms with Crippen LogP contribution in [0, 0.1) is 5.41 Å². The van der Waals surface area contributed by atoms with Gasteiger partial charge in [-0.25, -0.2) is 0 Å². The first kappa shape index (κ1) is 15.0. The molecule has 2 heterocycles. The molecule has 0 N–H and O–H groups in total. The molecule has 1 saturated heterocycles. The maximum absolute atomic E-state index is 12.7. The molecule has 1 unspecified atom stereocenters. The van der Waals surface area contributed by atoms with E-state index in [-0.39, 0.29) is 12.0 Å². The Balaban J connectivity index is 2.09. The van der Waals surface area contributed by atoms with Crippen LogP contribution in [0.1, 0.15) is 39.3 Å². The van der Waals surface area contributed by atoms with Crippen molar-refractivity contribution in [3.8, 4) is 11.1 Å². The number of anilines is 1. The van der Waals surface area contributed by atoms with Crippen LogP contribution in [-0.4, -0.2) is 5.97 Å². The van der Waals surface area contributed by atoms with E-state index in [9.17, 15) is 4.79 Å². The Labute approximate surface area is 142 Å². The molecule has 0 saturated carbocycles. The van der Waals surface area contributed by atoms with Crippen LogP contribution in [0.25, 0.3) is 11.1 Å². The highest BCUT2D eigenvalue weighted by atomic mass is 16.6. The summed E-state index contributed by atoms with van der Waals surface area (Å²) in [6, 6.07) is 16.6. The fraction of sp³-hybridized carbons (Fsp3) is 0.286. The number of hydrogen-bond acceptors (Lipinski definition) is 3. The summed E-state index contributed by atoms with van der Waals surface area (Å²) >= 11 is 0. The number of benzene rings is 2. The number of rotatable bonds is 0. The highest BCUT2D eigenvalue weighted by Gasteiger charge is 2.52. The van der Waals surface area contributed by atoms with Crippen molar-refractivity contribution >= 4 is 11.7 Å². The van der Waals surface area contributed by atoms with Gasteiger partial charge in [-0.05, 0) is 50.5 Å². The van der Waals surface area contributed by atoms with Crippen molar-refractivity contribution in [2.45, 2.75) is 33.7 Å². The summed E-state index contributed by atoms with van der Waals surface area (Å²) < 4.78 is 5.77. The monoisotopic (exact) mass is 319 g/mol. The average molecular weight is 319 g/mol. The Kier molecular flexibility index (Phi) is 3.11. The fourth-order valence-electron chi connectivity index (χ4n) is 3.83. The van der Waals surface area contributed by atoms with Crippen LogP contribution < -0.4 is 4.90 Å². The smallest absolute Gasteiger partial charge is 0.320 e. The largest absolute Gasteiger partial charge is 0.409 e. The van der Waals surface area contributed by atoms with Gasteiger partial charge in [0.05, 0.1) is 17.1 Å². The topological polar surface area (TPSA) is 29.5 Å². The average Bonchev–Trinajstić information content (AvgIpc) is 2.57. The zero-order valence-electron chi connectivity index (χ0n) is 14.5. The van der Waals surface area contributed by atoms with Crippen molar-refractivity contribution in [3.05, 3.63) is 65.6 Å². The molecule has 0 aliphatic carbocycles. The Morgan fingerprint density at radius 3 is 2.33 bits per heavy atom. The number of para-hydroxylation sites is 1. The van der Waals surface area contributed by atoms with Crippen LogP contribution >= 0.6 is 0 Å². The summed E-state index contributed by atoms with van der Waals surface area (Å²) in [5, 5.41) is 0. The third-order valence-corrected chi connectivity index (χ3v) is 5.01. The quantitative estimate of drug-likeness (QED) is 0.636. The molecule has 2 aliphatic heterocycles. The number of carbonyl (C=O) groups is 1. The number of allylic oxidation sites excluding steroid dienone is 1. The van der Waals surface area contributed by atoms with Crippen molar-refractivity contribution in [2.75, 3.05) is 4.90 Å². The predicted octanol–water partition coefficient (Wildman–Crippen LogP) is 5.05. The molecule has 3 heteroatoms. The number of hydrogen-bond donors (Lipinski definition) is 0. The first-order valence-electron chi connectivity index (χ1n) is 8.30. The van der Waals surface area contributed by atoms with Gasteiger partial charge in [-0.15, -0.1) is 0 Å². The van der Waals surface area contributed by atoms with Crippen molar-refractivity contribution in [3.63, 3.8) is 0 Å². The standard InChI is InChI=1S/C21H21NO2/c1-13(2)19-22-17-12-8-7-10-15(17)14-9-5-6-11-16(14)18(22)21(3,4)20(23)24-19/h5-12,18H,1-4H3.